The molecule has 3 N–H and O–H groups in total. The Labute approximate surface area is 186 Å². The number of benzene rings is 3. The summed E-state index contributed by atoms with van der Waals surface area (Å²) >= 11 is 0. The number of hydrogen-bond acceptors (Lipinski definition) is 3. The average molecular weight is 428 g/mol. The molecule has 0 spiro atoms. The van der Waals surface area contributed by atoms with Gasteiger partial charge in [-0.3, -0.25) is 9.59 Å². The Morgan fingerprint density at radius 3 is 2.47 bits per heavy atom. The summed E-state index contributed by atoms with van der Waals surface area (Å²) in [6, 6.07) is 25.1. The topological polar surface area (TPSA) is 86.4 Å². The van der Waals surface area contributed by atoms with Gasteiger partial charge in [0.05, 0.1) is 6.61 Å². The van der Waals surface area contributed by atoms with Gasteiger partial charge in [0.2, 0.25) is 5.91 Å². The second-order valence-electron chi connectivity index (χ2n) is 7.77. The third kappa shape index (κ3) is 5.04. The first-order chi connectivity index (χ1) is 15.5. The number of ether oxygens (including phenoxy) is 1. The van der Waals surface area contributed by atoms with Crippen LogP contribution in [-0.2, 0) is 22.7 Å². The number of amides is 2. The van der Waals surface area contributed by atoms with Crippen LogP contribution in [0.3, 0.4) is 0 Å². The van der Waals surface area contributed by atoms with Crippen LogP contribution in [0.1, 0.15) is 27.2 Å². The van der Waals surface area contributed by atoms with Crippen molar-refractivity contribution in [3.8, 4) is 0 Å². The molecule has 0 bridgehead atoms. The number of carbonyl (C=O) groups excluding carboxylic acids is 2. The van der Waals surface area contributed by atoms with Crippen molar-refractivity contribution >= 4 is 28.4 Å². The highest BCUT2D eigenvalue weighted by Crippen LogP contribution is 2.25. The number of carbonyl (C=O) groups is 2. The van der Waals surface area contributed by atoms with Gasteiger partial charge in [-0.15, -0.1) is 0 Å². The predicted molar refractivity (Wildman–Crippen MR) is 125 cm³/mol. The minimum Gasteiger partial charge on any atom is -0.367 e. The van der Waals surface area contributed by atoms with Gasteiger partial charge in [-0.2, -0.15) is 0 Å². The molecule has 2 amide bonds. The van der Waals surface area contributed by atoms with Gasteiger partial charge < -0.3 is 20.4 Å². The molecule has 1 aromatic heterocycles. The summed E-state index contributed by atoms with van der Waals surface area (Å²) in [5.41, 5.74) is 10.8. The largest absolute Gasteiger partial charge is 0.367 e. The van der Waals surface area contributed by atoms with E-state index in [2.05, 4.69) is 11.4 Å². The fourth-order valence-electron chi connectivity index (χ4n) is 3.75. The number of aryl methyl sites for hydroxylation is 1. The Hall–Kier alpha value is -3.90. The van der Waals surface area contributed by atoms with Crippen molar-refractivity contribution < 1.29 is 14.3 Å². The highest BCUT2D eigenvalue weighted by Gasteiger charge is 2.14. The van der Waals surface area contributed by atoms with Crippen molar-refractivity contribution in [2.24, 2.45) is 5.73 Å². The molecule has 32 heavy (non-hydrogen) atoms. The Bertz CT molecular complexity index is 1260. The summed E-state index contributed by atoms with van der Waals surface area (Å²) in [5, 5.41) is 3.67. The van der Waals surface area contributed by atoms with E-state index in [4.69, 9.17) is 10.5 Å². The summed E-state index contributed by atoms with van der Waals surface area (Å²) in [7, 11) is 0. The highest BCUT2D eigenvalue weighted by atomic mass is 16.5. The molecular formula is C26H25N3O3. The van der Waals surface area contributed by atoms with E-state index in [1.54, 1.807) is 6.07 Å². The zero-order valence-electron chi connectivity index (χ0n) is 17.9. The van der Waals surface area contributed by atoms with E-state index in [0.29, 0.717) is 24.5 Å². The maximum Gasteiger partial charge on any atom is 0.265 e. The van der Waals surface area contributed by atoms with Crippen molar-refractivity contribution in [2.45, 2.75) is 20.1 Å². The van der Waals surface area contributed by atoms with Crippen LogP contribution in [0.25, 0.3) is 10.9 Å². The average Bonchev–Trinajstić information content (AvgIpc) is 3.12. The molecule has 0 aliphatic carbocycles. The first kappa shape index (κ1) is 21.3. The Morgan fingerprint density at radius 1 is 0.938 bits per heavy atom. The number of primary amides is 1. The van der Waals surface area contributed by atoms with Crippen LogP contribution in [0.5, 0.6) is 0 Å². The van der Waals surface area contributed by atoms with Crippen molar-refractivity contribution in [1.82, 2.24) is 4.57 Å². The first-order valence-corrected chi connectivity index (χ1v) is 10.4. The fraction of sp³-hybridized carbons (Fsp3) is 0.154. The normalized spacial score (nSPS) is 10.9. The summed E-state index contributed by atoms with van der Waals surface area (Å²) in [4.78, 5) is 24.3. The van der Waals surface area contributed by atoms with Crippen LogP contribution in [-0.4, -0.2) is 23.0 Å². The molecular weight excluding hydrogens is 402 g/mol. The van der Waals surface area contributed by atoms with Crippen LogP contribution in [0.4, 0.5) is 5.69 Å². The van der Waals surface area contributed by atoms with Gasteiger partial charge in [-0.1, -0.05) is 60.2 Å². The molecule has 162 valence electrons. The van der Waals surface area contributed by atoms with Crippen LogP contribution in [0, 0.1) is 6.92 Å². The van der Waals surface area contributed by atoms with E-state index >= 15 is 0 Å². The Kier molecular flexibility index (Phi) is 6.33. The molecule has 0 aliphatic heterocycles. The van der Waals surface area contributed by atoms with Crippen LogP contribution in [0.15, 0.2) is 78.9 Å². The quantitative estimate of drug-likeness (QED) is 0.441. The molecule has 0 aliphatic rings. The molecule has 3 aromatic carbocycles. The summed E-state index contributed by atoms with van der Waals surface area (Å²) < 4.78 is 7.40. The summed E-state index contributed by atoms with van der Waals surface area (Å²) in [6.45, 7) is 2.89. The molecule has 4 aromatic rings. The SMILES string of the molecule is Cc1cccc(Cn2c(C(N)=O)cc3cc(NC(=O)COCc4ccccc4)ccc32)c1. The lowest BCUT2D eigenvalue weighted by Crippen LogP contribution is -2.18. The second kappa shape index (κ2) is 9.49. The molecule has 6 nitrogen and oxygen atoms in total. The molecule has 6 heteroatoms. The van der Waals surface area contributed by atoms with E-state index in [-0.39, 0.29) is 12.5 Å². The van der Waals surface area contributed by atoms with E-state index in [1.807, 2.05) is 78.2 Å². The zero-order valence-corrected chi connectivity index (χ0v) is 17.9. The van der Waals surface area contributed by atoms with Crippen LogP contribution in [0.2, 0.25) is 0 Å². The minimum atomic E-state index is -0.492. The van der Waals surface area contributed by atoms with Crippen molar-refractivity contribution in [3.05, 3.63) is 101 Å². The maximum atomic E-state index is 12.3. The molecule has 1 heterocycles. The lowest BCUT2D eigenvalue weighted by atomic mass is 10.1. The summed E-state index contributed by atoms with van der Waals surface area (Å²) in [5.74, 6) is -0.733. The summed E-state index contributed by atoms with van der Waals surface area (Å²) in [6.07, 6.45) is 0. The van der Waals surface area contributed by atoms with Crippen LogP contribution >= 0.6 is 0 Å². The highest BCUT2D eigenvalue weighted by molar-refractivity contribution is 6.00. The number of nitrogens with one attached hydrogen (secondary N) is 1. The van der Waals surface area contributed by atoms with Gasteiger partial charge in [0.25, 0.3) is 5.91 Å². The molecule has 0 unspecified atom stereocenters. The molecule has 0 saturated heterocycles. The van der Waals surface area contributed by atoms with E-state index in [1.165, 1.54) is 0 Å². The first-order valence-electron chi connectivity index (χ1n) is 10.4. The molecule has 4 rings (SSSR count). The van der Waals surface area contributed by atoms with E-state index in [9.17, 15) is 9.59 Å². The monoisotopic (exact) mass is 427 g/mol. The second-order valence-corrected chi connectivity index (χ2v) is 7.77. The van der Waals surface area contributed by atoms with E-state index < -0.39 is 5.91 Å². The number of hydrogen-bond donors (Lipinski definition) is 2. The Morgan fingerprint density at radius 2 is 1.72 bits per heavy atom. The fourth-order valence-corrected chi connectivity index (χ4v) is 3.75. The van der Waals surface area contributed by atoms with Gasteiger partial charge in [0.15, 0.2) is 0 Å². The van der Waals surface area contributed by atoms with Gasteiger partial charge in [-0.25, -0.2) is 0 Å². The van der Waals surface area contributed by atoms with Crippen molar-refractivity contribution in [2.75, 3.05) is 11.9 Å². The molecule has 0 atom stereocenters. The number of aromatic nitrogens is 1. The van der Waals surface area contributed by atoms with Crippen LogP contribution < -0.4 is 11.1 Å². The number of nitrogens with zero attached hydrogens (tertiary/aromatic N) is 1. The third-order valence-corrected chi connectivity index (χ3v) is 5.21. The zero-order chi connectivity index (χ0) is 22.5. The lowest BCUT2D eigenvalue weighted by Gasteiger charge is -2.11. The number of rotatable bonds is 8. The maximum absolute atomic E-state index is 12.3. The smallest absolute Gasteiger partial charge is 0.265 e. The van der Waals surface area contributed by atoms with Gasteiger partial charge in [0.1, 0.15) is 12.3 Å². The Balaban J connectivity index is 1.48. The number of fused-ring (bicyclic) bond motifs is 1. The van der Waals surface area contributed by atoms with Crippen molar-refractivity contribution in [1.29, 1.82) is 0 Å². The van der Waals surface area contributed by atoms with E-state index in [0.717, 1.165) is 27.6 Å². The lowest BCUT2D eigenvalue weighted by molar-refractivity contribution is -0.121. The number of nitrogens with two attached hydrogens (primary N) is 1. The molecule has 0 fully saturated rings. The standard InChI is InChI=1S/C26H25N3O3/c1-18-6-5-9-20(12-18)15-29-23-11-10-22(13-21(23)14-24(29)26(27)31)28-25(30)17-32-16-19-7-3-2-4-8-19/h2-14H,15-17H2,1H3,(H2,27,31)(H,28,30). The molecule has 0 saturated carbocycles. The van der Waals surface area contributed by atoms with Gasteiger partial charge >= 0.3 is 0 Å². The minimum absolute atomic E-state index is 0.0478. The van der Waals surface area contributed by atoms with Gasteiger partial charge in [-0.05, 0) is 42.3 Å². The number of anilines is 1. The molecule has 0 radical (unpaired) electrons. The van der Waals surface area contributed by atoms with Gasteiger partial charge in [0, 0.05) is 23.1 Å². The predicted octanol–water partition coefficient (Wildman–Crippen LogP) is 4.25. The van der Waals surface area contributed by atoms with Crippen molar-refractivity contribution in [3.63, 3.8) is 0 Å². The third-order valence-electron chi connectivity index (χ3n) is 5.21.